The van der Waals surface area contributed by atoms with Gasteiger partial charge in [-0.25, -0.2) is 9.18 Å². The molecule has 29 heavy (non-hydrogen) atoms. The fourth-order valence-electron chi connectivity index (χ4n) is 2.54. The average Bonchev–Trinajstić information content (AvgIpc) is 2.72. The van der Waals surface area contributed by atoms with E-state index >= 15 is 0 Å². The van der Waals surface area contributed by atoms with Gasteiger partial charge < -0.3 is 9.47 Å². The maximum absolute atomic E-state index is 13.9. The standard InChI is InChI=1S/C23H15ClFNO3/c24-20-9-2-4-11-22(20)28-15-23(27)29-18-7-5-6-16(13-18)12-17(14-26)19-8-1-3-10-21(19)25/h1-13H,15H2/b17-12-. The number of benzene rings is 3. The molecule has 0 saturated heterocycles. The Bertz CT molecular complexity index is 1110. The lowest BCUT2D eigenvalue weighted by molar-refractivity contribution is -0.136. The van der Waals surface area contributed by atoms with Crippen LogP contribution in [-0.4, -0.2) is 12.6 Å². The van der Waals surface area contributed by atoms with E-state index in [0.29, 0.717) is 16.3 Å². The van der Waals surface area contributed by atoms with Crippen LogP contribution in [0.25, 0.3) is 11.6 Å². The SMILES string of the molecule is N#C/C(=C/c1cccc(OC(=O)COc2ccccc2Cl)c1)c1ccccc1F. The Kier molecular flexibility index (Phi) is 6.62. The van der Waals surface area contributed by atoms with Crippen LogP contribution < -0.4 is 9.47 Å². The van der Waals surface area contributed by atoms with Crippen molar-refractivity contribution in [3.63, 3.8) is 0 Å². The highest BCUT2D eigenvalue weighted by Gasteiger charge is 2.10. The van der Waals surface area contributed by atoms with Crippen LogP contribution in [0.1, 0.15) is 11.1 Å². The molecule has 6 heteroatoms. The zero-order valence-corrected chi connectivity index (χ0v) is 15.9. The summed E-state index contributed by atoms with van der Waals surface area (Å²) in [5, 5.41) is 9.78. The Balaban J connectivity index is 1.71. The van der Waals surface area contributed by atoms with Gasteiger partial charge in [0.2, 0.25) is 0 Å². The normalized spacial score (nSPS) is 10.9. The zero-order chi connectivity index (χ0) is 20.6. The topological polar surface area (TPSA) is 59.3 Å². The molecule has 0 saturated carbocycles. The van der Waals surface area contributed by atoms with Crippen LogP contribution in [0.4, 0.5) is 4.39 Å². The highest BCUT2D eigenvalue weighted by molar-refractivity contribution is 6.32. The van der Waals surface area contributed by atoms with Gasteiger partial charge in [-0.05, 0) is 42.0 Å². The Labute approximate surface area is 172 Å². The first kappa shape index (κ1) is 20.1. The Hall–Kier alpha value is -3.62. The van der Waals surface area contributed by atoms with Gasteiger partial charge in [-0.15, -0.1) is 0 Å². The first-order chi connectivity index (χ1) is 14.1. The summed E-state index contributed by atoms with van der Waals surface area (Å²) in [6.45, 7) is -0.317. The van der Waals surface area contributed by atoms with Gasteiger partial charge in [0.15, 0.2) is 6.61 Å². The lowest BCUT2D eigenvalue weighted by Gasteiger charge is -2.08. The molecule has 144 valence electrons. The molecule has 3 aromatic rings. The third-order valence-electron chi connectivity index (χ3n) is 3.87. The van der Waals surface area contributed by atoms with Gasteiger partial charge in [0.05, 0.1) is 16.7 Å². The first-order valence-electron chi connectivity index (χ1n) is 8.61. The van der Waals surface area contributed by atoms with E-state index in [0.717, 1.165) is 0 Å². The summed E-state index contributed by atoms with van der Waals surface area (Å²) in [6, 6.07) is 21.4. The van der Waals surface area contributed by atoms with Gasteiger partial charge in [0.1, 0.15) is 17.3 Å². The van der Waals surface area contributed by atoms with E-state index < -0.39 is 11.8 Å². The number of rotatable bonds is 6. The molecule has 0 heterocycles. The molecule has 0 bridgehead atoms. The maximum Gasteiger partial charge on any atom is 0.349 e. The number of halogens is 2. The average molecular weight is 408 g/mol. The molecule has 0 radical (unpaired) electrons. The Morgan fingerprint density at radius 3 is 2.59 bits per heavy atom. The minimum Gasteiger partial charge on any atom is -0.480 e. The molecule has 0 aliphatic carbocycles. The van der Waals surface area contributed by atoms with E-state index in [1.54, 1.807) is 60.7 Å². The van der Waals surface area contributed by atoms with Crippen LogP contribution in [-0.2, 0) is 4.79 Å². The molecule has 0 spiro atoms. The van der Waals surface area contributed by atoms with Crippen molar-refractivity contribution in [2.45, 2.75) is 0 Å². The molecular formula is C23H15ClFNO3. The van der Waals surface area contributed by atoms with Crippen LogP contribution >= 0.6 is 11.6 Å². The van der Waals surface area contributed by atoms with Crippen LogP contribution in [0.3, 0.4) is 0 Å². The van der Waals surface area contributed by atoms with Crippen LogP contribution in [0.5, 0.6) is 11.5 Å². The summed E-state index contributed by atoms with van der Waals surface area (Å²) in [6.07, 6.45) is 1.52. The molecule has 0 unspecified atom stereocenters. The minimum absolute atomic E-state index is 0.161. The predicted molar refractivity (Wildman–Crippen MR) is 109 cm³/mol. The number of carbonyl (C=O) groups excluding carboxylic acids is 1. The van der Waals surface area contributed by atoms with E-state index in [1.807, 2.05) is 6.07 Å². The fraction of sp³-hybridized carbons (Fsp3) is 0.0435. The van der Waals surface area contributed by atoms with Crippen molar-refractivity contribution in [2.75, 3.05) is 6.61 Å². The van der Waals surface area contributed by atoms with Crippen molar-refractivity contribution in [2.24, 2.45) is 0 Å². The first-order valence-corrected chi connectivity index (χ1v) is 8.99. The highest BCUT2D eigenvalue weighted by Crippen LogP contribution is 2.24. The Morgan fingerprint density at radius 2 is 1.83 bits per heavy atom. The summed E-state index contributed by atoms with van der Waals surface area (Å²) < 4.78 is 24.6. The highest BCUT2D eigenvalue weighted by atomic mass is 35.5. The largest absolute Gasteiger partial charge is 0.480 e. The van der Waals surface area contributed by atoms with Crippen molar-refractivity contribution in [1.29, 1.82) is 5.26 Å². The van der Waals surface area contributed by atoms with Gasteiger partial charge in [-0.1, -0.05) is 54.1 Å². The third kappa shape index (κ3) is 5.44. The van der Waals surface area contributed by atoms with Crippen LogP contribution in [0, 0.1) is 17.1 Å². The smallest absolute Gasteiger partial charge is 0.349 e. The quantitative estimate of drug-likeness (QED) is 0.233. The molecule has 0 aromatic heterocycles. The fourth-order valence-corrected chi connectivity index (χ4v) is 2.73. The molecule has 0 aliphatic heterocycles. The van der Waals surface area contributed by atoms with Gasteiger partial charge in [-0.2, -0.15) is 5.26 Å². The monoisotopic (exact) mass is 407 g/mol. The third-order valence-corrected chi connectivity index (χ3v) is 4.18. The molecule has 3 aromatic carbocycles. The van der Waals surface area contributed by atoms with Crippen molar-refractivity contribution in [3.8, 4) is 17.6 Å². The number of nitrogens with zero attached hydrogens (tertiary/aromatic N) is 1. The van der Waals surface area contributed by atoms with E-state index in [1.165, 1.54) is 18.2 Å². The van der Waals surface area contributed by atoms with E-state index in [4.69, 9.17) is 21.1 Å². The number of nitriles is 1. The van der Waals surface area contributed by atoms with Gasteiger partial charge >= 0.3 is 5.97 Å². The molecule has 3 rings (SSSR count). The minimum atomic E-state index is -0.611. The number of allylic oxidation sites excluding steroid dienone is 1. The molecular weight excluding hydrogens is 393 g/mol. The number of para-hydroxylation sites is 1. The van der Waals surface area contributed by atoms with E-state index in [9.17, 15) is 14.4 Å². The van der Waals surface area contributed by atoms with Gasteiger partial charge in [-0.3, -0.25) is 0 Å². The van der Waals surface area contributed by atoms with Crippen molar-refractivity contribution in [3.05, 3.63) is 94.8 Å². The summed E-state index contributed by atoms with van der Waals surface area (Å²) in [5.74, 6) is -0.441. The number of carbonyl (C=O) groups is 1. The van der Waals surface area contributed by atoms with Gasteiger partial charge in [0.25, 0.3) is 0 Å². The summed E-state index contributed by atoms with van der Waals surface area (Å²) in [4.78, 5) is 12.0. The lowest BCUT2D eigenvalue weighted by Crippen LogP contribution is -2.17. The summed E-state index contributed by atoms with van der Waals surface area (Å²) in [7, 11) is 0. The second kappa shape index (κ2) is 9.54. The molecule has 4 nitrogen and oxygen atoms in total. The molecule has 0 N–H and O–H groups in total. The van der Waals surface area contributed by atoms with Gasteiger partial charge in [0, 0.05) is 5.56 Å². The van der Waals surface area contributed by atoms with Crippen molar-refractivity contribution >= 4 is 29.2 Å². The summed E-state index contributed by atoms with van der Waals surface area (Å²) in [5.41, 5.74) is 0.946. The second-order valence-corrected chi connectivity index (χ2v) is 6.32. The van der Waals surface area contributed by atoms with Crippen molar-refractivity contribution in [1.82, 2.24) is 0 Å². The molecule has 0 fully saturated rings. The molecule has 0 atom stereocenters. The van der Waals surface area contributed by atoms with E-state index in [2.05, 4.69) is 0 Å². The maximum atomic E-state index is 13.9. The molecule has 0 amide bonds. The number of esters is 1. The predicted octanol–water partition coefficient (Wildman–Crippen LogP) is 5.53. The second-order valence-electron chi connectivity index (χ2n) is 5.92. The summed E-state index contributed by atoms with van der Waals surface area (Å²) >= 11 is 5.98. The Morgan fingerprint density at radius 1 is 1.07 bits per heavy atom. The number of hydrogen-bond donors (Lipinski definition) is 0. The number of ether oxygens (including phenoxy) is 2. The lowest BCUT2D eigenvalue weighted by atomic mass is 10.0. The van der Waals surface area contributed by atoms with Crippen molar-refractivity contribution < 1.29 is 18.7 Å². The van der Waals surface area contributed by atoms with E-state index in [-0.39, 0.29) is 23.5 Å². The molecule has 0 aliphatic rings. The number of hydrogen-bond acceptors (Lipinski definition) is 4. The zero-order valence-electron chi connectivity index (χ0n) is 15.1. The van der Waals surface area contributed by atoms with Crippen LogP contribution in [0.2, 0.25) is 5.02 Å². The van der Waals surface area contributed by atoms with Crippen LogP contribution in [0.15, 0.2) is 72.8 Å².